The molecule has 2 aliphatic rings. The third-order valence-electron chi connectivity index (χ3n) is 5.39. The second-order valence-electron chi connectivity index (χ2n) is 7.05. The van der Waals surface area contributed by atoms with E-state index >= 15 is 0 Å². The maximum absolute atomic E-state index is 13.0. The average molecular weight is 355 g/mol. The number of halogens is 1. The van der Waals surface area contributed by atoms with Crippen molar-refractivity contribution < 1.29 is 4.79 Å². The highest BCUT2D eigenvalue weighted by atomic mass is 35.5. The molecule has 1 saturated heterocycles. The fourth-order valence-electron chi connectivity index (χ4n) is 4.02. The molecule has 2 heterocycles. The summed E-state index contributed by atoms with van der Waals surface area (Å²) in [6.45, 7) is 3.69. The van der Waals surface area contributed by atoms with E-state index in [1.54, 1.807) is 0 Å². The molecule has 0 atom stereocenters. The molecule has 0 unspecified atom stereocenters. The van der Waals surface area contributed by atoms with Gasteiger partial charge in [0.05, 0.1) is 0 Å². The number of amides is 1. The number of rotatable bonds is 3. The van der Waals surface area contributed by atoms with Crippen LogP contribution in [0.1, 0.15) is 24.0 Å². The lowest BCUT2D eigenvalue weighted by Crippen LogP contribution is -2.41. The minimum Gasteiger partial charge on any atom is -0.312 e. The number of benzene rings is 2. The van der Waals surface area contributed by atoms with Crippen molar-refractivity contribution in [3.63, 3.8) is 0 Å². The summed E-state index contributed by atoms with van der Waals surface area (Å²) in [4.78, 5) is 17.4. The van der Waals surface area contributed by atoms with Gasteiger partial charge < -0.3 is 4.90 Å². The van der Waals surface area contributed by atoms with E-state index in [-0.39, 0.29) is 5.92 Å². The zero-order valence-electron chi connectivity index (χ0n) is 14.3. The van der Waals surface area contributed by atoms with E-state index in [4.69, 9.17) is 11.6 Å². The van der Waals surface area contributed by atoms with Crippen molar-refractivity contribution in [2.75, 3.05) is 24.5 Å². The fourth-order valence-corrected chi connectivity index (χ4v) is 4.23. The van der Waals surface area contributed by atoms with Gasteiger partial charge in [0, 0.05) is 29.7 Å². The Balaban J connectivity index is 1.35. The molecule has 2 aromatic rings. The summed E-state index contributed by atoms with van der Waals surface area (Å²) in [5.74, 6) is 0.467. The van der Waals surface area contributed by atoms with Crippen molar-refractivity contribution in [2.24, 2.45) is 5.92 Å². The number of hydrogen-bond donors (Lipinski definition) is 0. The SMILES string of the molecule is O=C(C1CCN(Cc2cccc(Cl)c2)CC1)N1CCc2ccccc21. The number of anilines is 1. The Morgan fingerprint density at radius 3 is 2.64 bits per heavy atom. The summed E-state index contributed by atoms with van der Waals surface area (Å²) in [5.41, 5.74) is 3.66. The van der Waals surface area contributed by atoms with Gasteiger partial charge in [0.2, 0.25) is 5.91 Å². The number of nitrogens with zero attached hydrogens (tertiary/aromatic N) is 2. The predicted molar refractivity (Wildman–Crippen MR) is 102 cm³/mol. The Hall–Kier alpha value is -1.84. The molecule has 4 rings (SSSR count). The van der Waals surface area contributed by atoms with Crippen molar-refractivity contribution in [3.05, 3.63) is 64.7 Å². The Morgan fingerprint density at radius 2 is 1.84 bits per heavy atom. The second-order valence-corrected chi connectivity index (χ2v) is 7.49. The predicted octanol–water partition coefficient (Wildman–Crippen LogP) is 4.14. The second kappa shape index (κ2) is 7.19. The van der Waals surface area contributed by atoms with Crippen molar-refractivity contribution in [2.45, 2.75) is 25.8 Å². The number of likely N-dealkylation sites (tertiary alicyclic amines) is 1. The summed E-state index contributed by atoms with van der Waals surface area (Å²) < 4.78 is 0. The first kappa shape index (κ1) is 16.6. The summed E-state index contributed by atoms with van der Waals surface area (Å²) in [5, 5.41) is 0.787. The van der Waals surface area contributed by atoms with Crippen LogP contribution >= 0.6 is 11.6 Å². The van der Waals surface area contributed by atoms with Crippen LogP contribution in [0.2, 0.25) is 5.02 Å². The van der Waals surface area contributed by atoms with Gasteiger partial charge in [-0.3, -0.25) is 9.69 Å². The first-order chi connectivity index (χ1) is 12.2. The Morgan fingerprint density at radius 1 is 1.04 bits per heavy atom. The van der Waals surface area contributed by atoms with Gasteiger partial charge in [0.1, 0.15) is 0 Å². The monoisotopic (exact) mass is 354 g/mol. The number of piperidine rings is 1. The molecule has 0 saturated carbocycles. The average Bonchev–Trinajstić information content (AvgIpc) is 3.06. The zero-order chi connectivity index (χ0) is 17.2. The van der Waals surface area contributed by atoms with Crippen LogP contribution in [0, 0.1) is 5.92 Å². The van der Waals surface area contributed by atoms with Gasteiger partial charge in [0.15, 0.2) is 0 Å². The smallest absolute Gasteiger partial charge is 0.230 e. The zero-order valence-corrected chi connectivity index (χ0v) is 15.1. The molecule has 25 heavy (non-hydrogen) atoms. The van der Waals surface area contributed by atoms with Crippen LogP contribution in [0.5, 0.6) is 0 Å². The van der Waals surface area contributed by atoms with E-state index in [9.17, 15) is 4.79 Å². The normalized spacial score (nSPS) is 18.4. The van der Waals surface area contributed by atoms with Crippen molar-refractivity contribution in [3.8, 4) is 0 Å². The minimum atomic E-state index is 0.154. The molecule has 2 aliphatic heterocycles. The van der Waals surface area contributed by atoms with Crippen LogP contribution in [0.15, 0.2) is 48.5 Å². The van der Waals surface area contributed by atoms with Crippen LogP contribution in [0.25, 0.3) is 0 Å². The highest BCUT2D eigenvalue weighted by Gasteiger charge is 2.32. The molecule has 0 aromatic heterocycles. The molecule has 0 radical (unpaired) electrons. The van der Waals surface area contributed by atoms with Gasteiger partial charge in [-0.05, 0) is 61.7 Å². The van der Waals surface area contributed by atoms with Gasteiger partial charge >= 0.3 is 0 Å². The molecule has 0 N–H and O–H groups in total. The first-order valence-corrected chi connectivity index (χ1v) is 9.44. The van der Waals surface area contributed by atoms with E-state index in [0.717, 1.165) is 56.2 Å². The lowest BCUT2D eigenvalue weighted by molar-refractivity contribution is -0.123. The topological polar surface area (TPSA) is 23.6 Å². The molecule has 1 fully saturated rings. The Bertz CT molecular complexity index is 768. The van der Waals surface area contributed by atoms with Crippen LogP contribution in [-0.4, -0.2) is 30.4 Å². The maximum atomic E-state index is 13.0. The first-order valence-electron chi connectivity index (χ1n) is 9.07. The van der Waals surface area contributed by atoms with Gasteiger partial charge in [-0.1, -0.05) is 41.9 Å². The van der Waals surface area contributed by atoms with E-state index in [2.05, 4.69) is 29.2 Å². The van der Waals surface area contributed by atoms with Gasteiger partial charge in [-0.2, -0.15) is 0 Å². The van der Waals surface area contributed by atoms with E-state index in [1.807, 2.05) is 29.2 Å². The van der Waals surface area contributed by atoms with Crippen LogP contribution in [0.3, 0.4) is 0 Å². The lowest BCUT2D eigenvalue weighted by atomic mass is 9.95. The van der Waals surface area contributed by atoms with Crippen molar-refractivity contribution in [1.82, 2.24) is 4.90 Å². The molecular formula is C21H23ClN2O. The van der Waals surface area contributed by atoms with E-state index < -0.39 is 0 Å². The van der Waals surface area contributed by atoms with Gasteiger partial charge in [0.25, 0.3) is 0 Å². The fraction of sp³-hybridized carbons (Fsp3) is 0.381. The Labute approximate surface area is 154 Å². The van der Waals surface area contributed by atoms with Crippen molar-refractivity contribution in [1.29, 1.82) is 0 Å². The summed E-state index contributed by atoms with van der Waals surface area (Å²) in [6.07, 6.45) is 2.87. The minimum absolute atomic E-state index is 0.154. The Kier molecular flexibility index (Phi) is 4.78. The van der Waals surface area contributed by atoms with Crippen LogP contribution in [0.4, 0.5) is 5.69 Å². The standard InChI is InChI=1S/C21H23ClN2O/c22-19-6-3-4-16(14-19)15-23-11-8-18(9-12-23)21(25)24-13-10-17-5-1-2-7-20(17)24/h1-7,14,18H,8-13,15H2. The largest absolute Gasteiger partial charge is 0.312 e. The van der Waals surface area contributed by atoms with E-state index in [0.29, 0.717) is 5.91 Å². The molecule has 2 aromatic carbocycles. The molecule has 0 bridgehead atoms. The summed E-state index contributed by atoms with van der Waals surface area (Å²) in [6, 6.07) is 16.3. The number of para-hydroxylation sites is 1. The number of carbonyl (C=O) groups is 1. The number of fused-ring (bicyclic) bond motifs is 1. The number of carbonyl (C=O) groups excluding carboxylic acids is 1. The molecule has 0 spiro atoms. The highest BCUT2D eigenvalue weighted by molar-refractivity contribution is 6.30. The quantitative estimate of drug-likeness (QED) is 0.827. The van der Waals surface area contributed by atoms with Crippen molar-refractivity contribution >= 4 is 23.2 Å². The number of hydrogen-bond acceptors (Lipinski definition) is 2. The molecule has 4 heteroatoms. The molecule has 130 valence electrons. The van der Waals surface area contributed by atoms with Gasteiger partial charge in [-0.15, -0.1) is 0 Å². The van der Waals surface area contributed by atoms with Gasteiger partial charge in [-0.25, -0.2) is 0 Å². The van der Waals surface area contributed by atoms with Crippen LogP contribution < -0.4 is 4.90 Å². The highest BCUT2D eigenvalue weighted by Crippen LogP contribution is 2.31. The third kappa shape index (κ3) is 3.58. The lowest BCUT2D eigenvalue weighted by Gasteiger charge is -2.33. The summed E-state index contributed by atoms with van der Waals surface area (Å²) >= 11 is 6.07. The molecular weight excluding hydrogens is 332 g/mol. The van der Waals surface area contributed by atoms with E-state index in [1.165, 1.54) is 11.1 Å². The molecule has 0 aliphatic carbocycles. The third-order valence-corrected chi connectivity index (χ3v) is 5.62. The summed E-state index contributed by atoms with van der Waals surface area (Å²) in [7, 11) is 0. The molecule has 3 nitrogen and oxygen atoms in total. The maximum Gasteiger partial charge on any atom is 0.230 e. The molecule has 1 amide bonds. The van der Waals surface area contributed by atoms with Crippen LogP contribution in [-0.2, 0) is 17.8 Å².